The quantitative estimate of drug-likeness (QED) is 0.168. The summed E-state index contributed by atoms with van der Waals surface area (Å²) in [5.41, 5.74) is 0.594. The zero-order valence-corrected chi connectivity index (χ0v) is 33.7. The van der Waals surface area contributed by atoms with E-state index < -0.39 is 91.1 Å². The molecule has 0 spiro atoms. The van der Waals surface area contributed by atoms with Crippen molar-refractivity contribution in [1.82, 2.24) is 0 Å². The number of hydrogen-bond acceptors (Lipinski definition) is 13. The van der Waals surface area contributed by atoms with Gasteiger partial charge in [-0.15, -0.1) is 0 Å². The third-order valence-electron chi connectivity index (χ3n) is 16.9. The Kier molecular flexibility index (Phi) is 11.0. The second-order valence-electron chi connectivity index (χ2n) is 20.2. The van der Waals surface area contributed by atoms with Crippen LogP contribution in [0.3, 0.4) is 0 Å². The molecule has 0 radical (unpaired) electrons. The fourth-order valence-electron chi connectivity index (χ4n) is 13.0. The van der Waals surface area contributed by atoms with Crippen molar-refractivity contribution in [3.05, 3.63) is 23.3 Å². The van der Waals surface area contributed by atoms with Gasteiger partial charge in [0.1, 0.15) is 42.7 Å². The summed E-state index contributed by atoms with van der Waals surface area (Å²) in [6, 6.07) is 0. The zero-order valence-electron chi connectivity index (χ0n) is 33.7. The van der Waals surface area contributed by atoms with E-state index in [0.29, 0.717) is 12.8 Å². The fourth-order valence-corrected chi connectivity index (χ4v) is 13.0. The predicted molar refractivity (Wildman–Crippen MR) is 199 cm³/mol. The van der Waals surface area contributed by atoms with Gasteiger partial charge in [0.2, 0.25) is 0 Å². The Hall–Kier alpha value is -1.04. The van der Waals surface area contributed by atoms with E-state index in [2.05, 4.69) is 46.8 Å². The molecule has 0 aromatic heterocycles. The van der Waals surface area contributed by atoms with E-state index in [0.717, 1.165) is 38.5 Å². The van der Waals surface area contributed by atoms with Crippen LogP contribution in [0.4, 0.5) is 0 Å². The van der Waals surface area contributed by atoms with Crippen LogP contribution >= 0.6 is 0 Å². The first-order valence-corrected chi connectivity index (χ1v) is 20.6. The van der Waals surface area contributed by atoms with Gasteiger partial charge in [-0.2, -0.15) is 0 Å². The maximum atomic E-state index is 12.0. The number of rotatable bonds is 7. The Balaban J connectivity index is 1.15. The summed E-state index contributed by atoms with van der Waals surface area (Å²) in [7, 11) is 0. The lowest BCUT2D eigenvalue weighted by atomic mass is 9.35. The monoisotopic (exact) mass is 780 g/mol. The largest absolute Gasteiger partial charge is 0.396 e. The van der Waals surface area contributed by atoms with Gasteiger partial charge in [-0.3, -0.25) is 0 Å². The smallest absolute Gasteiger partial charge is 0.187 e. The highest BCUT2D eigenvalue weighted by atomic mass is 16.7. The molecule has 13 nitrogen and oxygen atoms in total. The lowest BCUT2D eigenvalue weighted by Crippen LogP contribution is -2.66. The van der Waals surface area contributed by atoms with E-state index >= 15 is 0 Å². The molecule has 6 fully saturated rings. The Morgan fingerprint density at radius 2 is 1.38 bits per heavy atom. The van der Waals surface area contributed by atoms with Crippen LogP contribution in [0.1, 0.15) is 99.8 Å². The van der Waals surface area contributed by atoms with Crippen molar-refractivity contribution < 1.29 is 64.9 Å². The number of allylic oxidation sites excluding steroid dienone is 4. The van der Waals surface area contributed by atoms with Gasteiger partial charge in [0.05, 0.1) is 38.1 Å². The first kappa shape index (κ1) is 42.1. The van der Waals surface area contributed by atoms with Crippen LogP contribution in [0.25, 0.3) is 0 Å². The summed E-state index contributed by atoms with van der Waals surface area (Å²) >= 11 is 0. The van der Waals surface area contributed by atoms with Crippen molar-refractivity contribution >= 4 is 0 Å². The molecule has 2 aliphatic heterocycles. The van der Waals surface area contributed by atoms with Crippen LogP contribution in [0.5, 0.6) is 0 Å². The van der Waals surface area contributed by atoms with Gasteiger partial charge in [0.15, 0.2) is 12.6 Å². The zero-order chi connectivity index (χ0) is 40.3. The van der Waals surface area contributed by atoms with Gasteiger partial charge >= 0.3 is 0 Å². The molecule has 19 atom stereocenters. The van der Waals surface area contributed by atoms with Crippen LogP contribution in [-0.2, 0) is 18.9 Å². The van der Waals surface area contributed by atoms with Crippen LogP contribution < -0.4 is 0 Å². The van der Waals surface area contributed by atoms with Gasteiger partial charge in [-0.05, 0) is 86.4 Å². The first-order chi connectivity index (χ1) is 25.7. The summed E-state index contributed by atoms with van der Waals surface area (Å²) in [4.78, 5) is 0. The molecule has 0 bridgehead atoms. The van der Waals surface area contributed by atoms with Gasteiger partial charge in [0.25, 0.3) is 0 Å². The summed E-state index contributed by atoms with van der Waals surface area (Å²) < 4.78 is 24.0. The number of fused-ring (bicyclic) bond motifs is 7. The van der Waals surface area contributed by atoms with Crippen LogP contribution in [0.2, 0.25) is 0 Å². The minimum Gasteiger partial charge on any atom is -0.396 e. The molecule has 0 aromatic rings. The van der Waals surface area contributed by atoms with Crippen LogP contribution in [0.15, 0.2) is 23.3 Å². The fraction of sp³-hybridized carbons (Fsp3) is 0.905. The third kappa shape index (κ3) is 6.12. The second kappa shape index (κ2) is 14.3. The molecule has 5 aliphatic carbocycles. The number of aliphatic hydroxyl groups excluding tert-OH is 9. The van der Waals surface area contributed by atoms with Gasteiger partial charge < -0.3 is 64.9 Å². The maximum absolute atomic E-state index is 12.0. The molecule has 0 amide bonds. The van der Waals surface area contributed by atoms with E-state index in [-0.39, 0.29) is 46.7 Å². The molecule has 0 unspecified atom stereocenters. The Morgan fingerprint density at radius 1 is 0.691 bits per heavy atom. The molecule has 2 saturated heterocycles. The molecule has 55 heavy (non-hydrogen) atoms. The highest BCUT2D eigenvalue weighted by Gasteiger charge is 2.69. The van der Waals surface area contributed by atoms with Crippen LogP contribution in [-0.4, -0.2) is 139 Å². The van der Waals surface area contributed by atoms with Crippen LogP contribution in [0, 0.1) is 44.3 Å². The van der Waals surface area contributed by atoms with Gasteiger partial charge in [-0.1, -0.05) is 64.8 Å². The minimum atomic E-state index is -1.73. The predicted octanol–water partition coefficient (Wildman–Crippen LogP) is 1.68. The summed E-state index contributed by atoms with van der Waals surface area (Å²) in [6.07, 6.45) is -4.66. The Bertz CT molecular complexity index is 1500. The Labute approximate surface area is 325 Å². The average molecular weight is 781 g/mol. The first-order valence-electron chi connectivity index (χ1n) is 20.6. The van der Waals surface area contributed by atoms with E-state index in [1.54, 1.807) is 6.92 Å². The van der Waals surface area contributed by atoms with E-state index in [4.69, 9.17) is 18.9 Å². The molecule has 2 heterocycles. The molecular formula is C42H68O13. The van der Waals surface area contributed by atoms with E-state index in [9.17, 15) is 46.0 Å². The summed E-state index contributed by atoms with van der Waals surface area (Å²) in [6.45, 7) is 14.4. The molecule has 9 N–H and O–H groups in total. The molecule has 7 aliphatic rings. The van der Waals surface area contributed by atoms with Crippen molar-refractivity contribution in [3.8, 4) is 0 Å². The minimum absolute atomic E-state index is 0.00908. The molecular weight excluding hydrogens is 712 g/mol. The highest BCUT2D eigenvalue weighted by Crippen LogP contribution is 2.74. The Morgan fingerprint density at radius 3 is 2.04 bits per heavy atom. The summed E-state index contributed by atoms with van der Waals surface area (Å²) in [5, 5.41) is 97.6. The highest BCUT2D eigenvalue weighted by molar-refractivity contribution is 5.46. The standard InChI is InChI=1S/C42H68O13/c1-21-29(47)34(55-35-32(50)31(49)30(48)24(18-43)53-35)33(51)36(52-21)54-28-11-12-38(4)25(39(28,5)19-44)10-13-40(6)26(38)9-8-22-23-16-37(2,3)14-15-42(23,20-45)27(46)17-41(22,40)7/h8-9,21,23-25,27-36,43-51H,10-20H2,1-7H3/t21-,23+,24-,25+,27+,28+,29+,30+,31+,32-,33-,34+,35+,36+,38+,39+,40-,41-,42-/m1/s1. The van der Waals surface area contributed by atoms with Crippen molar-refractivity contribution in [3.63, 3.8) is 0 Å². The normalized spacial score (nSPS) is 54.9. The van der Waals surface area contributed by atoms with Gasteiger partial charge in [-0.25, -0.2) is 0 Å². The molecule has 0 aromatic carbocycles. The maximum Gasteiger partial charge on any atom is 0.187 e. The van der Waals surface area contributed by atoms with E-state index in [1.165, 1.54) is 11.1 Å². The van der Waals surface area contributed by atoms with Crippen molar-refractivity contribution in [2.45, 2.75) is 173 Å². The third-order valence-corrected chi connectivity index (χ3v) is 16.9. The lowest BCUT2D eigenvalue weighted by molar-refractivity contribution is -0.366. The summed E-state index contributed by atoms with van der Waals surface area (Å²) in [5.74, 6) is 0.0727. The molecule has 4 saturated carbocycles. The average Bonchev–Trinajstić information content (AvgIpc) is 3.13. The number of aliphatic hydroxyl groups is 9. The van der Waals surface area contributed by atoms with Gasteiger partial charge in [0, 0.05) is 16.2 Å². The number of hydrogen-bond donors (Lipinski definition) is 9. The van der Waals surface area contributed by atoms with Crippen molar-refractivity contribution in [1.29, 1.82) is 0 Å². The molecule has 314 valence electrons. The molecule has 13 heteroatoms. The lowest BCUT2D eigenvalue weighted by Gasteiger charge is -2.69. The van der Waals surface area contributed by atoms with E-state index in [1.807, 2.05) is 6.92 Å². The SMILES string of the molecule is C[C@H]1O[C@@H](O[C@H]2CC[C@]3(C)C4=CC=C5[C@@H]6CC(C)(C)CC[C@]6(CO)[C@@H](O)C[C@@]5(C)[C@]4(C)CC[C@@H]3[C@]2(C)CO)[C@H](O)[C@@H](O[C@@H]2O[C@H](CO)[C@H](O)[C@H](O)[C@H]2O)[C@H]1O. The second-order valence-corrected chi connectivity index (χ2v) is 20.2. The molecule has 7 rings (SSSR count). The van der Waals surface area contributed by atoms with Crippen molar-refractivity contribution in [2.24, 2.45) is 44.3 Å². The number of ether oxygens (including phenoxy) is 4. The topological polar surface area (TPSA) is 219 Å². The van der Waals surface area contributed by atoms with Crippen molar-refractivity contribution in [2.75, 3.05) is 19.8 Å².